The molecule has 0 saturated carbocycles. The molecule has 5 heterocycles. The number of rotatable bonds is 8. The van der Waals surface area contributed by atoms with E-state index >= 15 is 0 Å². The van der Waals surface area contributed by atoms with Crippen molar-refractivity contribution in [3.8, 4) is 22.9 Å². The zero-order valence-electron chi connectivity index (χ0n) is 24.6. The van der Waals surface area contributed by atoms with Crippen molar-refractivity contribution in [3.05, 3.63) is 58.3 Å². The first kappa shape index (κ1) is 34.5. The molecule has 6 rings (SSSR count). The molecule has 2 aromatic heterocycles. The van der Waals surface area contributed by atoms with Crippen molar-refractivity contribution in [1.82, 2.24) is 25.2 Å². The minimum Gasteiger partial charge on any atom is -0.469 e. The summed E-state index contributed by atoms with van der Waals surface area (Å²) in [5.41, 5.74) is 2.79. The largest absolute Gasteiger partial charge is 0.469 e. The molecule has 1 unspecified atom stereocenters. The molecule has 1 spiro atoms. The average molecular weight is 684 g/mol. The van der Waals surface area contributed by atoms with E-state index in [-0.39, 0.29) is 36.3 Å². The van der Waals surface area contributed by atoms with Crippen molar-refractivity contribution in [2.45, 2.75) is 50.6 Å². The van der Waals surface area contributed by atoms with Gasteiger partial charge in [-0.3, -0.25) is 9.69 Å². The minimum atomic E-state index is -0.138. The van der Waals surface area contributed by atoms with E-state index in [2.05, 4.69) is 31.2 Å². The summed E-state index contributed by atoms with van der Waals surface area (Å²) in [6, 6.07) is 9.41. The fraction of sp³-hybridized carbons (Fsp3) is 0.484. The molecule has 44 heavy (non-hydrogen) atoms. The molecular weight excluding hydrogens is 646 g/mol. The van der Waals surface area contributed by atoms with Crippen molar-refractivity contribution in [2.24, 2.45) is 5.92 Å². The Balaban J connectivity index is 0.00000221. The summed E-state index contributed by atoms with van der Waals surface area (Å²) in [5, 5.41) is 4.76. The molecule has 3 aliphatic heterocycles. The Morgan fingerprint density at radius 3 is 2.41 bits per heavy atom. The lowest BCUT2D eigenvalue weighted by atomic mass is 9.93. The van der Waals surface area contributed by atoms with Crippen LogP contribution in [-0.4, -0.2) is 71.2 Å². The molecule has 3 aromatic rings. The van der Waals surface area contributed by atoms with Crippen LogP contribution in [-0.2, 0) is 16.1 Å². The van der Waals surface area contributed by atoms with E-state index in [1.807, 2.05) is 18.2 Å². The number of carbonyl (C=O) groups is 1. The molecule has 1 N–H and O–H groups in total. The summed E-state index contributed by atoms with van der Waals surface area (Å²) < 4.78 is 11.1. The van der Waals surface area contributed by atoms with Crippen LogP contribution in [0.1, 0.15) is 44.1 Å². The van der Waals surface area contributed by atoms with Gasteiger partial charge < -0.3 is 19.7 Å². The maximum absolute atomic E-state index is 11.7. The summed E-state index contributed by atoms with van der Waals surface area (Å²) in [5.74, 6) is 1.92. The quantitative estimate of drug-likeness (QED) is 0.264. The first-order valence-corrected chi connectivity index (χ1v) is 15.4. The summed E-state index contributed by atoms with van der Waals surface area (Å²) in [4.78, 5) is 30.4. The van der Waals surface area contributed by atoms with Crippen LogP contribution >= 0.6 is 48.0 Å². The predicted octanol–water partition coefficient (Wildman–Crippen LogP) is 6.59. The van der Waals surface area contributed by atoms with Gasteiger partial charge in [0.25, 0.3) is 0 Å². The molecule has 0 radical (unpaired) electrons. The molecule has 0 aliphatic carbocycles. The number of likely N-dealkylation sites (tertiary alicyclic amines) is 1. The third-order valence-electron chi connectivity index (χ3n) is 8.62. The number of methoxy groups -OCH3 is 1. The van der Waals surface area contributed by atoms with Crippen molar-refractivity contribution in [2.75, 3.05) is 44.7 Å². The molecule has 0 amide bonds. The van der Waals surface area contributed by atoms with Crippen LogP contribution in [0.3, 0.4) is 0 Å². The minimum absolute atomic E-state index is 0. The lowest BCUT2D eigenvalue weighted by molar-refractivity contribution is -0.142. The lowest BCUT2D eigenvalue weighted by Gasteiger charge is -2.31. The van der Waals surface area contributed by atoms with E-state index in [4.69, 9.17) is 37.7 Å². The number of nitrogens with one attached hydrogen (secondary N) is 1. The topological polar surface area (TPSA) is 92.7 Å². The average Bonchev–Trinajstić information content (AvgIpc) is 3.63. The van der Waals surface area contributed by atoms with Gasteiger partial charge >= 0.3 is 5.97 Å². The van der Waals surface area contributed by atoms with Crippen LogP contribution in [0, 0.1) is 5.92 Å². The Labute approximate surface area is 280 Å². The molecule has 3 saturated heterocycles. The molecule has 9 nitrogen and oxygen atoms in total. The van der Waals surface area contributed by atoms with Crippen LogP contribution in [0.15, 0.2) is 42.7 Å². The highest BCUT2D eigenvalue weighted by atomic mass is 35.5. The second-order valence-corrected chi connectivity index (χ2v) is 12.5. The third kappa shape index (κ3) is 8.44. The SMILES string of the molecule is COC(=O)CC1CCN(Cc2cc(Oc3cnc(N4CCC5(CCCN5)C4)nc3)nc(-c3cc(Cl)cc(Cl)c3)c2)CC1.Cl.Cl. The van der Waals surface area contributed by atoms with E-state index in [9.17, 15) is 4.79 Å². The van der Waals surface area contributed by atoms with Crippen LogP contribution < -0.4 is 15.0 Å². The van der Waals surface area contributed by atoms with Crippen molar-refractivity contribution in [1.29, 1.82) is 0 Å². The third-order valence-corrected chi connectivity index (χ3v) is 9.06. The smallest absolute Gasteiger partial charge is 0.305 e. The number of hydrogen-bond acceptors (Lipinski definition) is 9. The highest BCUT2D eigenvalue weighted by Gasteiger charge is 2.40. The monoisotopic (exact) mass is 682 g/mol. The number of hydrogen-bond donors (Lipinski definition) is 1. The maximum Gasteiger partial charge on any atom is 0.305 e. The zero-order valence-corrected chi connectivity index (χ0v) is 27.8. The Morgan fingerprint density at radius 1 is 1.02 bits per heavy atom. The number of aromatic nitrogens is 3. The predicted molar refractivity (Wildman–Crippen MR) is 178 cm³/mol. The zero-order chi connectivity index (χ0) is 29.1. The highest BCUT2D eigenvalue weighted by molar-refractivity contribution is 6.35. The van der Waals surface area contributed by atoms with Gasteiger partial charge in [0.2, 0.25) is 11.8 Å². The van der Waals surface area contributed by atoms with Crippen molar-refractivity contribution >= 4 is 59.9 Å². The van der Waals surface area contributed by atoms with Gasteiger partial charge in [0.1, 0.15) is 0 Å². The Morgan fingerprint density at radius 2 is 1.75 bits per heavy atom. The van der Waals surface area contributed by atoms with Crippen LogP contribution in [0.5, 0.6) is 11.6 Å². The molecule has 3 aliphatic rings. The Kier molecular flexibility index (Phi) is 12.0. The van der Waals surface area contributed by atoms with E-state index < -0.39 is 0 Å². The van der Waals surface area contributed by atoms with Gasteiger partial charge in [-0.05, 0) is 87.5 Å². The number of carbonyl (C=O) groups excluding carboxylic acids is 1. The molecule has 0 bridgehead atoms. The number of halogens is 4. The highest BCUT2D eigenvalue weighted by Crippen LogP contribution is 2.33. The second kappa shape index (κ2) is 15.3. The van der Waals surface area contributed by atoms with Gasteiger partial charge in [0.15, 0.2) is 5.75 Å². The lowest BCUT2D eigenvalue weighted by Crippen LogP contribution is -2.42. The van der Waals surface area contributed by atoms with E-state index in [1.54, 1.807) is 18.5 Å². The van der Waals surface area contributed by atoms with Gasteiger partial charge in [0, 0.05) is 53.3 Å². The summed E-state index contributed by atoms with van der Waals surface area (Å²) in [6.45, 7) is 5.50. The summed E-state index contributed by atoms with van der Waals surface area (Å²) >= 11 is 12.6. The van der Waals surface area contributed by atoms with Gasteiger partial charge in [0.05, 0.1) is 25.2 Å². The number of piperidine rings is 1. The van der Waals surface area contributed by atoms with Gasteiger partial charge in [-0.1, -0.05) is 23.2 Å². The van der Waals surface area contributed by atoms with Crippen LogP contribution in [0.4, 0.5) is 5.95 Å². The number of ether oxygens (including phenoxy) is 2. The van der Waals surface area contributed by atoms with Gasteiger partial charge in [-0.25, -0.2) is 15.0 Å². The van der Waals surface area contributed by atoms with Crippen molar-refractivity contribution < 1.29 is 14.3 Å². The second-order valence-electron chi connectivity index (χ2n) is 11.7. The van der Waals surface area contributed by atoms with Crippen molar-refractivity contribution in [3.63, 3.8) is 0 Å². The molecule has 1 aromatic carbocycles. The number of anilines is 1. The van der Waals surface area contributed by atoms with Gasteiger partial charge in [-0.2, -0.15) is 0 Å². The first-order chi connectivity index (χ1) is 20.4. The number of nitrogens with zero attached hydrogens (tertiary/aromatic N) is 5. The first-order valence-electron chi connectivity index (χ1n) is 14.6. The fourth-order valence-corrected chi connectivity index (χ4v) is 6.91. The normalized spacial score (nSPS) is 20.3. The van der Waals surface area contributed by atoms with E-state index in [0.29, 0.717) is 34.0 Å². The standard InChI is InChI=1S/C31H36Cl2N6O3.2ClH/c1-41-29(40)13-21-3-8-38(9-4-21)19-22-11-27(23-14-24(32)16-25(33)15-23)37-28(12-22)42-26-17-34-30(35-18-26)39-10-6-31(20-39)5-2-7-36-31;;/h11-12,14-18,21,36H,2-10,13,19-20H2,1H3;2*1H. The van der Waals surface area contributed by atoms with Gasteiger partial charge in [-0.15, -0.1) is 24.8 Å². The maximum atomic E-state index is 11.7. The summed E-state index contributed by atoms with van der Waals surface area (Å²) in [6.07, 6.45) is 9.37. The van der Waals surface area contributed by atoms with E-state index in [1.165, 1.54) is 20.0 Å². The number of esters is 1. The fourth-order valence-electron chi connectivity index (χ4n) is 6.38. The molecule has 238 valence electrons. The number of benzene rings is 1. The Bertz CT molecular complexity index is 1400. The molecule has 3 fully saturated rings. The molecule has 13 heteroatoms. The molecular formula is C31H38Cl4N6O3. The number of pyridine rings is 1. The van der Waals surface area contributed by atoms with Crippen LogP contribution in [0.2, 0.25) is 10.0 Å². The van der Waals surface area contributed by atoms with E-state index in [0.717, 1.165) is 81.3 Å². The van der Waals surface area contributed by atoms with Crippen LogP contribution in [0.25, 0.3) is 11.3 Å². The Hall–Kier alpha value is -2.40. The summed E-state index contributed by atoms with van der Waals surface area (Å²) in [7, 11) is 1.45. The molecule has 1 atom stereocenters.